The molecule has 0 spiro atoms. The van der Waals surface area contributed by atoms with Crippen LogP contribution in [0.15, 0.2) is 53.5 Å². The molecule has 2 aromatic carbocycles. The number of rotatable bonds is 5. The van der Waals surface area contributed by atoms with E-state index in [1.807, 2.05) is 18.2 Å². The molecule has 0 aliphatic carbocycles. The Kier molecular flexibility index (Phi) is 6.03. The third kappa shape index (κ3) is 4.81. The number of aliphatic imine (C=N–C) groups is 1. The number of amides is 2. The number of carbonyl (C=O) groups is 2. The molecule has 140 valence electrons. The quantitative estimate of drug-likeness (QED) is 0.820. The van der Waals surface area contributed by atoms with E-state index in [0.29, 0.717) is 27.3 Å². The van der Waals surface area contributed by atoms with Crippen molar-refractivity contribution in [1.29, 1.82) is 0 Å². The summed E-state index contributed by atoms with van der Waals surface area (Å²) in [5, 5.41) is 3.33. The first-order valence-electron chi connectivity index (χ1n) is 8.18. The molecule has 0 unspecified atom stereocenters. The fourth-order valence-electron chi connectivity index (χ4n) is 2.53. The molecular weight excluding hydrogens is 386 g/mol. The molecule has 3 rings (SSSR count). The summed E-state index contributed by atoms with van der Waals surface area (Å²) in [5.41, 5.74) is 1.28. The topological polar surface area (TPSA) is 71.0 Å². The lowest BCUT2D eigenvalue weighted by molar-refractivity contribution is -0.127. The van der Waals surface area contributed by atoms with Crippen LogP contribution in [0.1, 0.15) is 6.42 Å². The van der Waals surface area contributed by atoms with E-state index in [1.54, 1.807) is 44.5 Å². The largest absolute Gasteiger partial charge is 0.497 e. The van der Waals surface area contributed by atoms with Crippen molar-refractivity contribution >= 4 is 51.7 Å². The van der Waals surface area contributed by atoms with Crippen LogP contribution >= 0.6 is 23.4 Å². The number of carbonyl (C=O) groups excluding carboxylic acids is 2. The predicted molar refractivity (Wildman–Crippen MR) is 109 cm³/mol. The maximum atomic E-state index is 12.5. The van der Waals surface area contributed by atoms with E-state index < -0.39 is 5.25 Å². The molecule has 6 nitrogen and oxygen atoms in total. The molecule has 2 aromatic rings. The molecule has 1 N–H and O–H groups in total. The Morgan fingerprint density at radius 2 is 2.07 bits per heavy atom. The molecule has 0 radical (unpaired) electrons. The Morgan fingerprint density at radius 1 is 1.30 bits per heavy atom. The summed E-state index contributed by atoms with van der Waals surface area (Å²) in [6.45, 7) is 0. The fraction of sp³-hybridized carbons (Fsp3) is 0.211. The van der Waals surface area contributed by atoms with Crippen LogP contribution in [0.4, 0.5) is 11.4 Å². The van der Waals surface area contributed by atoms with Gasteiger partial charge in [-0.05, 0) is 30.3 Å². The van der Waals surface area contributed by atoms with E-state index in [4.69, 9.17) is 16.3 Å². The Bertz CT molecular complexity index is 903. The van der Waals surface area contributed by atoms with Crippen LogP contribution < -0.4 is 10.1 Å². The number of ether oxygens (including phenoxy) is 1. The lowest BCUT2D eigenvalue weighted by atomic mass is 10.2. The van der Waals surface area contributed by atoms with Crippen LogP contribution in [0.5, 0.6) is 5.75 Å². The number of methoxy groups -OCH3 is 1. The van der Waals surface area contributed by atoms with Gasteiger partial charge in [0, 0.05) is 30.2 Å². The number of benzene rings is 2. The Morgan fingerprint density at radius 3 is 2.81 bits per heavy atom. The first-order chi connectivity index (χ1) is 13.0. The van der Waals surface area contributed by atoms with Crippen LogP contribution in [0.2, 0.25) is 5.02 Å². The molecule has 1 atom stereocenters. The van der Waals surface area contributed by atoms with Gasteiger partial charge in [-0.3, -0.25) is 14.5 Å². The molecule has 1 aliphatic rings. The van der Waals surface area contributed by atoms with Gasteiger partial charge in [0.05, 0.1) is 12.8 Å². The molecule has 2 amide bonds. The number of hydrogen-bond donors (Lipinski definition) is 1. The number of hydrogen-bond acceptors (Lipinski definition) is 5. The number of anilines is 1. The smallest absolute Gasteiger partial charge is 0.242 e. The van der Waals surface area contributed by atoms with Gasteiger partial charge in [-0.25, -0.2) is 4.99 Å². The first-order valence-corrected chi connectivity index (χ1v) is 9.44. The average Bonchev–Trinajstić information content (AvgIpc) is 2.89. The molecule has 1 aliphatic heterocycles. The second-order valence-corrected chi connectivity index (χ2v) is 7.47. The monoisotopic (exact) mass is 403 g/mol. The number of thioether (sulfide) groups is 1. The molecule has 8 heteroatoms. The number of amidine groups is 1. The van der Waals surface area contributed by atoms with E-state index in [0.717, 1.165) is 0 Å². The van der Waals surface area contributed by atoms with Gasteiger partial charge in [0.2, 0.25) is 11.8 Å². The van der Waals surface area contributed by atoms with Gasteiger partial charge in [0.25, 0.3) is 0 Å². The van der Waals surface area contributed by atoms with Crippen LogP contribution in [0.25, 0.3) is 0 Å². The fourth-order valence-corrected chi connectivity index (χ4v) is 3.88. The highest BCUT2D eigenvalue weighted by Gasteiger charge is 2.37. The normalized spacial score (nSPS) is 18.0. The molecular formula is C19H18ClN3O3S. The second-order valence-electron chi connectivity index (χ2n) is 5.86. The van der Waals surface area contributed by atoms with Crippen molar-refractivity contribution in [2.75, 3.05) is 19.5 Å². The van der Waals surface area contributed by atoms with Crippen molar-refractivity contribution < 1.29 is 14.3 Å². The van der Waals surface area contributed by atoms with Crippen molar-refractivity contribution in [1.82, 2.24) is 4.90 Å². The van der Waals surface area contributed by atoms with Crippen LogP contribution in [0, 0.1) is 0 Å². The summed E-state index contributed by atoms with van der Waals surface area (Å²) in [5.74, 6) is 0.285. The van der Waals surface area contributed by atoms with Gasteiger partial charge in [0.1, 0.15) is 11.0 Å². The van der Waals surface area contributed by atoms with Gasteiger partial charge >= 0.3 is 0 Å². The summed E-state index contributed by atoms with van der Waals surface area (Å²) in [4.78, 5) is 30.7. The Labute approximate surface area is 166 Å². The second kappa shape index (κ2) is 8.45. The van der Waals surface area contributed by atoms with Crippen LogP contribution in [-0.4, -0.2) is 41.3 Å². The van der Waals surface area contributed by atoms with Gasteiger partial charge < -0.3 is 10.1 Å². The van der Waals surface area contributed by atoms with Crippen molar-refractivity contribution in [2.45, 2.75) is 11.7 Å². The zero-order chi connectivity index (χ0) is 19.4. The van der Waals surface area contributed by atoms with Gasteiger partial charge in [-0.2, -0.15) is 0 Å². The highest BCUT2D eigenvalue weighted by Crippen LogP contribution is 2.31. The minimum absolute atomic E-state index is 0.0531. The molecule has 0 saturated carbocycles. The molecule has 0 aromatic heterocycles. The number of nitrogens with zero attached hydrogens (tertiary/aromatic N) is 2. The predicted octanol–water partition coefficient (Wildman–Crippen LogP) is 3.94. The van der Waals surface area contributed by atoms with Gasteiger partial charge in [-0.15, -0.1) is 0 Å². The molecule has 0 bridgehead atoms. The molecule has 27 heavy (non-hydrogen) atoms. The van der Waals surface area contributed by atoms with Crippen molar-refractivity contribution in [3.8, 4) is 5.75 Å². The van der Waals surface area contributed by atoms with Crippen molar-refractivity contribution in [3.63, 3.8) is 0 Å². The summed E-state index contributed by atoms with van der Waals surface area (Å²) < 4.78 is 5.19. The van der Waals surface area contributed by atoms with Crippen molar-refractivity contribution in [3.05, 3.63) is 53.6 Å². The maximum absolute atomic E-state index is 12.5. The highest BCUT2D eigenvalue weighted by molar-refractivity contribution is 8.15. The lowest BCUT2D eigenvalue weighted by Crippen LogP contribution is -2.30. The summed E-state index contributed by atoms with van der Waals surface area (Å²) in [6.07, 6.45) is 0.0531. The zero-order valence-electron chi connectivity index (χ0n) is 14.8. The minimum atomic E-state index is -0.515. The number of halogens is 1. The van der Waals surface area contributed by atoms with E-state index in [9.17, 15) is 9.59 Å². The van der Waals surface area contributed by atoms with Gasteiger partial charge in [-0.1, -0.05) is 35.5 Å². The number of nitrogens with one attached hydrogen (secondary N) is 1. The standard InChI is InChI=1S/C19H18ClN3O3S/c1-23-18(25)16(11-17(24)21-13-6-3-5-12(20)9-13)27-19(23)22-14-7-4-8-15(10-14)26-2/h3-10,16H,11H2,1-2H3,(H,21,24)/t16-/m1/s1. The first kappa shape index (κ1) is 19.3. The summed E-state index contributed by atoms with van der Waals surface area (Å²) >= 11 is 7.19. The molecule has 1 heterocycles. The Balaban J connectivity index is 1.68. The highest BCUT2D eigenvalue weighted by atomic mass is 35.5. The zero-order valence-corrected chi connectivity index (χ0v) is 16.4. The molecule has 1 fully saturated rings. The summed E-state index contributed by atoms with van der Waals surface area (Å²) in [7, 11) is 3.24. The molecule has 1 saturated heterocycles. The van der Waals surface area contributed by atoms with Crippen molar-refractivity contribution in [2.24, 2.45) is 4.99 Å². The van der Waals surface area contributed by atoms with E-state index in [-0.39, 0.29) is 18.2 Å². The lowest BCUT2D eigenvalue weighted by Gasteiger charge is -2.09. The van der Waals surface area contributed by atoms with E-state index in [1.165, 1.54) is 16.7 Å². The van der Waals surface area contributed by atoms with Gasteiger partial charge in [0.15, 0.2) is 5.17 Å². The summed E-state index contributed by atoms with van der Waals surface area (Å²) in [6, 6.07) is 14.1. The van der Waals surface area contributed by atoms with Crippen LogP contribution in [0.3, 0.4) is 0 Å². The average molecular weight is 404 g/mol. The van der Waals surface area contributed by atoms with E-state index >= 15 is 0 Å². The van der Waals surface area contributed by atoms with Crippen LogP contribution in [-0.2, 0) is 9.59 Å². The SMILES string of the molecule is COc1cccc(N=C2S[C@H](CC(=O)Nc3cccc(Cl)c3)C(=O)N2C)c1. The Hall–Kier alpha value is -2.51. The third-order valence-corrected chi connectivity index (χ3v) is 5.36. The minimum Gasteiger partial charge on any atom is -0.497 e. The maximum Gasteiger partial charge on any atom is 0.242 e. The van der Waals surface area contributed by atoms with E-state index in [2.05, 4.69) is 10.3 Å². The third-order valence-electron chi connectivity index (χ3n) is 3.90.